The summed E-state index contributed by atoms with van der Waals surface area (Å²) >= 11 is 1.98. The lowest BCUT2D eigenvalue weighted by Crippen LogP contribution is -2.27. The first-order valence-electron chi connectivity index (χ1n) is 6.04. The number of hydrogen-bond donors (Lipinski definition) is 1. The Hall–Kier alpha value is -1.01. The number of nitrogens with one attached hydrogen (secondary N) is 1. The SMILES string of the molecule is CNC(c1ncc(OC)nc1OC)C1CCCS1. The summed E-state index contributed by atoms with van der Waals surface area (Å²) in [4.78, 5) is 8.74. The molecule has 0 bridgehead atoms. The molecule has 2 atom stereocenters. The first kappa shape index (κ1) is 13.4. The highest BCUT2D eigenvalue weighted by Gasteiger charge is 2.29. The van der Waals surface area contributed by atoms with Gasteiger partial charge in [0.15, 0.2) is 0 Å². The van der Waals surface area contributed by atoms with E-state index in [1.165, 1.54) is 18.6 Å². The Balaban J connectivity index is 2.28. The average molecular weight is 269 g/mol. The fourth-order valence-corrected chi connectivity index (χ4v) is 3.62. The van der Waals surface area contributed by atoms with Gasteiger partial charge in [-0.25, -0.2) is 4.98 Å². The van der Waals surface area contributed by atoms with E-state index in [-0.39, 0.29) is 6.04 Å². The third-order valence-corrected chi connectivity index (χ3v) is 4.55. The molecular formula is C12H19N3O2S. The second-order valence-electron chi connectivity index (χ2n) is 4.12. The van der Waals surface area contributed by atoms with Crippen LogP contribution in [0, 0.1) is 0 Å². The Morgan fingerprint density at radius 1 is 1.44 bits per heavy atom. The van der Waals surface area contributed by atoms with Crippen LogP contribution in [0.25, 0.3) is 0 Å². The van der Waals surface area contributed by atoms with Gasteiger partial charge in [-0.15, -0.1) is 0 Å². The molecule has 6 heteroatoms. The molecule has 0 aromatic carbocycles. The Morgan fingerprint density at radius 2 is 2.28 bits per heavy atom. The van der Waals surface area contributed by atoms with E-state index in [4.69, 9.17) is 9.47 Å². The molecule has 2 heterocycles. The minimum Gasteiger partial charge on any atom is -0.480 e. The van der Waals surface area contributed by atoms with E-state index in [1.807, 2.05) is 18.8 Å². The summed E-state index contributed by atoms with van der Waals surface area (Å²) in [6.07, 6.45) is 4.11. The van der Waals surface area contributed by atoms with Crippen molar-refractivity contribution in [2.24, 2.45) is 0 Å². The van der Waals surface area contributed by atoms with E-state index < -0.39 is 0 Å². The fourth-order valence-electron chi connectivity index (χ4n) is 2.19. The van der Waals surface area contributed by atoms with Crippen LogP contribution >= 0.6 is 11.8 Å². The summed E-state index contributed by atoms with van der Waals surface area (Å²) in [6.45, 7) is 0. The number of methoxy groups -OCH3 is 2. The van der Waals surface area contributed by atoms with Gasteiger partial charge < -0.3 is 14.8 Å². The molecule has 1 aliphatic heterocycles. The topological polar surface area (TPSA) is 56.3 Å². The Labute approximate surface area is 112 Å². The van der Waals surface area contributed by atoms with Crippen LogP contribution < -0.4 is 14.8 Å². The molecule has 18 heavy (non-hydrogen) atoms. The van der Waals surface area contributed by atoms with Gasteiger partial charge in [-0.3, -0.25) is 0 Å². The van der Waals surface area contributed by atoms with Crippen LogP contribution in [0.4, 0.5) is 0 Å². The van der Waals surface area contributed by atoms with Gasteiger partial charge >= 0.3 is 0 Å². The maximum Gasteiger partial charge on any atom is 0.240 e. The predicted octanol–water partition coefficient (Wildman–Crippen LogP) is 1.65. The first-order chi connectivity index (χ1) is 8.80. The molecule has 0 spiro atoms. The highest BCUT2D eigenvalue weighted by atomic mass is 32.2. The lowest BCUT2D eigenvalue weighted by molar-refractivity contribution is 0.349. The van der Waals surface area contributed by atoms with Crippen molar-refractivity contribution in [2.45, 2.75) is 24.1 Å². The van der Waals surface area contributed by atoms with Gasteiger partial charge in [0.05, 0.1) is 26.5 Å². The van der Waals surface area contributed by atoms with E-state index in [9.17, 15) is 0 Å². The zero-order valence-corrected chi connectivity index (χ0v) is 11.8. The van der Waals surface area contributed by atoms with Gasteiger partial charge in [0, 0.05) is 5.25 Å². The zero-order valence-electron chi connectivity index (χ0n) is 11.0. The van der Waals surface area contributed by atoms with Crippen molar-refractivity contribution in [3.8, 4) is 11.8 Å². The van der Waals surface area contributed by atoms with Crippen molar-refractivity contribution in [1.82, 2.24) is 15.3 Å². The van der Waals surface area contributed by atoms with Crippen LogP contribution in [0.1, 0.15) is 24.6 Å². The standard InChI is InChI=1S/C12H19N3O2S/c1-13-10(8-5-4-6-18-8)11-12(17-3)15-9(16-2)7-14-11/h7-8,10,13H,4-6H2,1-3H3. The van der Waals surface area contributed by atoms with Crippen molar-refractivity contribution in [3.05, 3.63) is 11.9 Å². The van der Waals surface area contributed by atoms with Gasteiger partial charge in [-0.1, -0.05) is 0 Å². The molecular weight excluding hydrogens is 250 g/mol. The van der Waals surface area contributed by atoms with Gasteiger partial charge in [-0.05, 0) is 25.6 Å². The molecule has 1 saturated heterocycles. The molecule has 100 valence electrons. The number of thioether (sulfide) groups is 1. The van der Waals surface area contributed by atoms with E-state index in [2.05, 4.69) is 15.3 Å². The smallest absolute Gasteiger partial charge is 0.240 e. The molecule has 0 saturated carbocycles. The molecule has 1 aromatic rings. The Morgan fingerprint density at radius 3 is 2.83 bits per heavy atom. The molecule has 1 aliphatic rings. The lowest BCUT2D eigenvalue weighted by Gasteiger charge is -2.22. The number of hydrogen-bond acceptors (Lipinski definition) is 6. The summed E-state index contributed by atoms with van der Waals surface area (Å²) in [5.41, 5.74) is 0.861. The predicted molar refractivity (Wildman–Crippen MR) is 72.4 cm³/mol. The Kier molecular flexibility index (Phi) is 4.66. The molecule has 5 nitrogen and oxygen atoms in total. The summed E-state index contributed by atoms with van der Waals surface area (Å²) in [5, 5.41) is 3.86. The van der Waals surface area contributed by atoms with Crippen LogP contribution in [0.3, 0.4) is 0 Å². The summed E-state index contributed by atoms with van der Waals surface area (Å²) < 4.78 is 10.4. The zero-order chi connectivity index (χ0) is 13.0. The van der Waals surface area contributed by atoms with Crippen molar-refractivity contribution in [1.29, 1.82) is 0 Å². The quantitative estimate of drug-likeness (QED) is 0.877. The van der Waals surface area contributed by atoms with Crippen LogP contribution in [0.5, 0.6) is 11.8 Å². The number of nitrogens with zero attached hydrogens (tertiary/aromatic N) is 2. The van der Waals surface area contributed by atoms with Crippen LogP contribution in [0.2, 0.25) is 0 Å². The average Bonchev–Trinajstić information content (AvgIpc) is 2.94. The fraction of sp³-hybridized carbons (Fsp3) is 0.667. The molecule has 1 aromatic heterocycles. The molecule has 2 unspecified atom stereocenters. The molecule has 0 amide bonds. The maximum absolute atomic E-state index is 5.33. The normalized spacial score (nSPS) is 20.7. The van der Waals surface area contributed by atoms with E-state index in [0.717, 1.165) is 5.69 Å². The number of rotatable bonds is 5. The van der Waals surface area contributed by atoms with Crippen molar-refractivity contribution in [3.63, 3.8) is 0 Å². The van der Waals surface area contributed by atoms with Gasteiger partial charge in [-0.2, -0.15) is 16.7 Å². The maximum atomic E-state index is 5.33. The van der Waals surface area contributed by atoms with Crippen molar-refractivity contribution >= 4 is 11.8 Å². The van der Waals surface area contributed by atoms with Gasteiger partial charge in [0.2, 0.25) is 11.8 Å². The molecule has 2 rings (SSSR count). The lowest BCUT2D eigenvalue weighted by atomic mass is 10.1. The van der Waals surface area contributed by atoms with E-state index in [1.54, 1.807) is 20.4 Å². The van der Waals surface area contributed by atoms with Crippen molar-refractivity contribution < 1.29 is 9.47 Å². The summed E-state index contributed by atoms with van der Waals surface area (Å²) in [7, 11) is 5.14. The van der Waals surface area contributed by atoms with E-state index >= 15 is 0 Å². The second-order valence-corrected chi connectivity index (χ2v) is 5.47. The number of ether oxygens (including phenoxy) is 2. The van der Waals surface area contributed by atoms with E-state index in [0.29, 0.717) is 17.0 Å². The third kappa shape index (κ3) is 2.70. The molecule has 1 fully saturated rings. The van der Waals surface area contributed by atoms with Crippen molar-refractivity contribution in [2.75, 3.05) is 27.0 Å². The number of aromatic nitrogens is 2. The van der Waals surface area contributed by atoms with Gasteiger partial charge in [0.1, 0.15) is 5.69 Å². The molecule has 0 aliphatic carbocycles. The third-order valence-electron chi connectivity index (χ3n) is 3.09. The minimum atomic E-state index is 0.172. The van der Waals surface area contributed by atoms with Crippen LogP contribution in [-0.4, -0.2) is 42.2 Å². The Bertz CT molecular complexity index is 397. The second kappa shape index (κ2) is 6.24. The summed E-state index contributed by atoms with van der Waals surface area (Å²) in [5.74, 6) is 2.24. The highest BCUT2D eigenvalue weighted by molar-refractivity contribution is 8.00. The minimum absolute atomic E-state index is 0.172. The van der Waals surface area contributed by atoms with Crippen LogP contribution in [0.15, 0.2) is 6.20 Å². The highest BCUT2D eigenvalue weighted by Crippen LogP contribution is 2.37. The monoisotopic (exact) mass is 269 g/mol. The largest absolute Gasteiger partial charge is 0.480 e. The van der Waals surface area contributed by atoms with Crippen LogP contribution in [-0.2, 0) is 0 Å². The molecule has 1 N–H and O–H groups in total. The first-order valence-corrected chi connectivity index (χ1v) is 7.08. The summed E-state index contributed by atoms with van der Waals surface area (Å²) in [6, 6.07) is 0.172. The molecule has 0 radical (unpaired) electrons. The van der Waals surface area contributed by atoms with Gasteiger partial charge in [0.25, 0.3) is 0 Å².